The van der Waals surface area contributed by atoms with Crippen molar-refractivity contribution in [2.75, 3.05) is 11.9 Å². The van der Waals surface area contributed by atoms with E-state index in [1.54, 1.807) is 28.8 Å². The highest BCUT2D eigenvalue weighted by atomic mass is 35.5. The number of benzene rings is 2. The van der Waals surface area contributed by atoms with Crippen molar-refractivity contribution in [2.45, 2.75) is 45.8 Å². The molecule has 0 saturated carbocycles. The third-order valence-corrected chi connectivity index (χ3v) is 5.88. The van der Waals surface area contributed by atoms with Crippen LogP contribution in [0.5, 0.6) is 0 Å². The van der Waals surface area contributed by atoms with Crippen LogP contribution < -0.4 is 10.9 Å². The predicted molar refractivity (Wildman–Crippen MR) is 127 cm³/mol. The van der Waals surface area contributed by atoms with Gasteiger partial charge >= 0.3 is 0 Å². The zero-order chi connectivity index (χ0) is 22.5. The van der Waals surface area contributed by atoms with Gasteiger partial charge in [0, 0.05) is 42.3 Å². The van der Waals surface area contributed by atoms with Crippen molar-refractivity contribution in [1.29, 1.82) is 0 Å². The summed E-state index contributed by atoms with van der Waals surface area (Å²) in [4.78, 5) is 33.1. The Morgan fingerprint density at radius 2 is 1.88 bits per heavy atom. The molecular formula is C25H27ClN4O2. The number of rotatable bonds is 7. The number of aromatic nitrogens is 2. The van der Waals surface area contributed by atoms with E-state index in [2.05, 4.69) is 22.3 Å². The largest absolute Gasteiger partial charge is 0.325 e. The van der Waals surface area contributed by atoms with E-state index in [4.69, 9.17) is 16.6 Å². The van der Waals surface area contributed by atoms with Crippen LogP contribution in [-0.4, -0.2) is 26.9 Å². The summed E-state index contributed by atoms with van der Waals surface area (Å²) in [5, 5.41) is 3.44. The molecule has 166 valence electrons. The molecule has 0 fully saturated rings. The topological polar surface area (TPSA) is 67.2 Å². The van der Waals surface area contributed by atoms with Gasteiger partial charge in [0.1, 0.15) is 12.4 Å². The molecule has 0 atom stereocenters. The zero-order valence-corrected chi connectivity index (χ0v) is 18.9. The fourth-order valence-corrected chi connectivity index (χ4v) is 4.19. The maximum absolute atomic E-state index is 13.3. The van der Waals surface area contributed by atoms with Crippen LogP contribution in [0.2, 0.25) is 5.02 Å². The van der Waals surface area contributed by atoms with E-state index in [0.717, 1.165) is 30.8 Å². The minimum Gasteiger partial charge on any atom is -0.325 e. The molecule has 1 aromatic heterocycles. The summed E-state index contributed by atoms with van der Waals surface area (Å²) in [6.45, 7) is 4.27. The Bertz CT molecular complexity index is 1140. The molecule has 2 aromatic carbocycles. The first-order valence-corrected chi connectivity index (χ1v) is 11.3. The average molecular weight is 451 g/mol. The lowest BCUT2D eigenvalue weighted by Gasteiger charge is -2.29. The zero-order valence-electron chi connectivity index (χ0n) is 18.2. The Morgan fingerprint density at radius 1 is 1.12 bits per heavy atom. The fourth-order valence-electron chi connectivity index (χ4n) is 4.06. The number of hydrogen-bond donors (Lipinski definition) is 1. The number of carbonyl (C=O) groups excluding carboxylic acids is 1. The predicted octanol–water partition coefficient (Wildman–Crippen LogP) is 4.05. The summed E-state index contributed by atoms with van der Waals surface area (Å²) in [5.74, 6) is 0.416. The molecule has 0 saturated heterocycles. The Hall–Kier alpha value is -2.96. The van der Waals surface area contributed by atoms with Crippen molar-refractivity contribution < 1.29 is 4.79 Å². The van der Waals surface area contributed by atoms with Crippen LogP contribution in [0.1, 0.15) is 36.0 Å². The van der Waals surface area contributed by atoms with Crippen molar-refractivity contribution in [3.05, 3.63) is 92.6 Å². The highest BCUT2D eigenvalue weighted by molar-refractivity contribution is 6.30. The van der Waals surface area contributed by atoms with Crippen molar-refractivity contribution in [2.24, 2.45) is 0 Å². The standard InChI is InChI=1S/C25H27ClN4O2/c1-2-6-23-28-22-16-29(15-18-7-4-3-5-8-18)14-13-21(22)25(32)30(23)17-24(31)27-20-11-9-19(26)10-12-20/h3-5,7-12H,2,6,13-17H2,1H3,(H,27,31). The first kappa shape index (κ1) is 22.2. The van der Waals surface area contributed by atoms with E-state index in [1.807, 2.05) is 25.1 Å². The quantitative estimate of drug-likeness (QED) is 0.589. The molecule has 0 unspecified atom stereocenters. The molecule has 2 heterocycles. The molecule has 32 heavy (non-hydrogen) atoms. The lowest BCUT2D eigenvalue weighted by molar-refractivity contribution is -0.116. The first-order chi connectivity index (χ1) is 15.5. The SMILES string of the molecule is CCCc1nc2c(c(=O)n1CC(=O)Nc1ccc(Cl)cc1)CCN(Cc1ccccc1)C2. The summed E-state index contributed by atoms with van der Waals surface area (Å²) in [5.41, 5.74) is 3.37. The van der Waals surface area contributed by atoms with Gasteiger partial charge in [-0.15, -0.1) is 0 Å². The monoisotopic (exact) mass is 450 g/mol. The second kappa shape index (κ2) is 10.1. The van der Waals surface area contributed by atoms with Gasteiger partial charge in [-0.2, -0.15) is 0 Å². The van der Waals surface area contributed by atoms with Crippen molar-refractivity contribution in [3.8, 4) is 0 Å². The van der Waals surface area contributed by atoms with Crippen LogP contribution in [0.25, 0.3) is 0 Å². The number of nitrogens with one attached hydrogen (secondary N) is 1. The van der Waals surface area contributed by atoms with Gasteiger partial charge in [-0.3, -0.25) is 19.1 Å². The minimum atomic E-state index is -0.255. The molecular weight excluding hydrogens is 424 g/mol. The van der Waals surface area contributed by atoms with Gasteiger partial charge in [0.15, 0.2) is 0 Å². The van der Waals surface area contributed by atoms with E-state index < -0.39 is 0 Å². The van der Waals surface area contributed by atoms with Crippen molar-refractivity contribution >= 4 is 23.2 Å². The van der Waals surface area contributed by atoms with Crippen LogP contribution in [0, 0.1) is 0 Å². The highest BCUT2D eigenvalue weighted by Gasteiger charge is 2.24. The third kappa shape index (κ3) is 5.26. The van der Waals surface area contributed by atoms with Crippen molar-refractivity contribution in [1.82, 2.24) is 14.5 Å². The van der Waals surface area contributed by atoms with E-state index in [-0.39, 0.29) is 18.0 Å². The van der Waals surface area contributed by atoms with Crippen LogP contribution in [0.4, 0.5) is 5.69 Å². The van der Waals surface area contributed by atoms with Gasteiger partial charge < -0.3 is 5.32 Å². The molecule has 1 aliphatic heterocycles. The number of anilines is 1. The molecule has 3 aromatic rings. The lowest BCUT2D eigenvalue weighted by Crippen LogP contribution is -2.40. The normalized spacial score (nSPS) is 13.6. The molecule has 1 amide bonds. The first-order valence-electron chi connectivity index (χ1n) is 11.0. The highest BCUT2D eigenvalue weighted by Crippen LogP contribution is 2.18. The smallest absolute Gasteiger partial charge is 0.257 e. The molecule has 1 aliphatic rings. The number of nitrogens with zero attached hydrogens (tertiary/aromatic N) is 3. The molecule has 4 rings (SSSR count). The second-order valence-corrected chi connectivity index (χ2v) is 8.53. The van der Waals surface area contributed by atoms with Crippen molar-refractivity contribution in [3.63, 3.8) is 0 Å². The summed E-state index contributed by atoms with van der Waals surface area (Å²) >= 11 is 5.91. The lowest BCUT2D eigenvalue weighted by atomic mass is 10.0. The fraction of sp³-hybridized carbons (Fsp3) is 0.320. The molecule has 0 spiro atoms. The molecule has 0 radical (unpaired) electrons. The number of hydrogen-bond acceptors (Lipinski definition) is 4. The Morgan fingerprint density at radius 3 is 2.59 bits per heavy atom. The molecule has 7 heteroatoms. The van der Waals surface area contributed by atoms with Crippen LogP contribution >= 0.6 is 11.6 Å². The van der Waals surface area contributed by atoms with E-state index in [1.165, 1.54) is 5.56 Å². The second-order valence-electron chi connectivity index (χ2n) is 8.10. The Balaban J connectivity index is 1.54. The van der Waals surface area contributed by atoms with Crippen LogP contribution in [-0.2, 0) is 37.3 Å². The van der Waals surface area contributed by atoms with E-state index in [0.29, 0.717) is 35.9 Å². The number of amides is 1. The van der Waals surface area contributed by atoms with Crippen LogP contribution in [0.15, 0.2) is 59.4 Å². The number of aryl methyl sites for hydroxylation is 1. The van der Waals surface area contributed by atoms with Gasteiger partial charge in [-0.05, 0) is 42.7 Å². The number of halogens is 1. The number of carbonyl (C=O) groups is 1. The van der Waals surface area contributed by atoms with Gasteiger partial charge in [-0.25, -0.2) is 4.98 Å². The van der Waals surface area contributed by atoms with E-state index in [9.17, 15) is 9.59 Å². The molecule has 0 aliphatic carbocycles. The molecule has 1 N–H and O–H groups in total. The third-order valence-electron chi connectivity index (χ3n) is 5.63. The molecule has 6 nitrogen and oxygen atoms in total. The maximum Gasteiger partial charge on any atom is 0.257 e. The molecule has 0 bridgehead atoms. The summed E-state index contributed by atoms with van der Waals surface area (Å²) in [7, 11) is 0. The number of fused-ring (bicyclic) bond motifs is 1. The van der Waals surface area contributed by atoms with Gasteiger partial charge in [0.05, 0.1) is 5.69 Å². The Labute approximate surface area is 192 Å². The minimum absolute atomic E-state index is 0.0508. The summed E-state index contributed by atoms with van der Waals surface area (Å²) in [6, 6.07) is 17.2. The average Bonchev–Trinajstić information content (AvgIpc) is 2.79. The van der Waals surface area contributed by atoms with Gasteiger partial charge in [-0.1, -0.05) is 48.9 Å². The Kier molecular flexibility index (Phi) is 7.02. The van der Waals surface area contributed by atoms with Gasteiger partial charge in [0.2, 0.25) is 5.91 Å². The summed E-state index contributed by atoms with van der Waals surface area (Å²) in [6.07, 6.45) is 2.13. The summed E-state index contributed by atoms with van der Waals surface area (Å²) < 4.78 is 1.54. The van der Waals surface area contributed by atoms with Gasteiger partial charge in [0.25, 0.3) is 5.56 Å². The maximum atomic E-state index is 13.3. The van der Waals surface area contributed by atoms with Crippen LogP contribution in [0.3, 0.4) is 0 Å². The van der Waals surface area contributed by atoms with E-state index >= 15 is 0 Å².